The molecule has 1 fully saturated rings. The Morgan fingerprint density at radius 1 is 1.11 bits per heavy atom. The van der Waals surface area contributed by atoms with Gasteiger partial charge in [-0.05, 0) is 55.9 Å². The highest BCUT2D eigenvalue weighted by atomic mass is 16.7. The van der Waals surface area contributed by atoms with E-state index in [0.29, 0.717) is 25.3 Å². The normalized spacial score (nSPS) is 21.6. The van der Waals surface area contributed by atoms with E-state index in [2.05, 4.69) is 29.0 Å². The summed E-state index contributed by atoms with van der Waals surface area (Å²) in [6.45, 7) is 7.63. The lowest BCUT2D eigenvalue weighted by Crippen LogP contribution is -2.46. The highest BCUT2D eigenvalue weighted by molar-refractivity contribution is 5.77. The Bertz CT molecular complexity index is 863. The maximum Gasteiger partial charge on any atom is 0.231 e. The van der Waals surface area contributed by atoms with E-state index >= 15 is 0 Å². The summed E-state index contributed by atoms with van der Waals surface area (Å²) in [4.78, 5) is 23.4. The monoisotopic (exact) mass is 367 g/mol. The van der Waals surface area contributed by atoms with Crippen LogP contribution in [0.15, 0.2) is 24.3 Å². The predicted molar refractivity (Wildman–Crippen MR) is 101 cm³/mol. The molecule has 4 rings (SSSR count). The molecular formula is C21H25N3O3. The number of carbonyl (C=O) groups is 1. The van der Waals surface area contributed by atoms with Gasteiger partial charge in [-0.25, -0.2) is 9.97 Å². The smallest absolute Gasteiger partial charge is 0.231 e. The SMILES string of the molecule is Cc1cc(C)nc(CN2C[C@@](C)(Cc3ccc4c(c3)OCO4)CCC2=O)n1. The molecule has 0 aliphatic carbocycles. The number of fused-ring (bicyclic) bond motifs is 1. The molecule has 1 aromatic carbocycles. The molecule has 0 N–H and O–H groups in total. The van der Waals surface area contributed by atoms with Crippen molar-refractivity contribution in [3.8, 4) is 11.5 Å². The van der Waals surface area contributed by atoms with E-state index in [1.807, 2.05) is 30.9 Å². The highest BCUT2D eigenvalue weighted by Crippen LogP contribution is 2.38. The molecule has 2 aliphatic rings. The Hall–Kier alpha value is -2.63. The van der Waals surface area contributed by atoms with Gasteiger partial charge in [-0.1, -0.05) is 13.0 Å². The van der Waals surface area contributed by atoms with Gasteiger partial charge in [0.2, 0.25) is 12.7 Å². The second-order valence-corrected chi connectivity index (χ2v) is 7.99. The largest absolute Gasteiger partial charge is 0.454 e. The number of benzene rings is 1. The number of hydrogen-bond acceptors (Lipinski definition) is 5. The Balaban J connectivity index is 1.49. The lowest BCUT2D eigenvalue weighted by Gasteiger charge is -2.40. The molecule has 0 spiro atoms. The van der Waals surface area contributed by atoms with Crippen molar-refractivity contribution in [2.24, 2.45) is 5.41 Å². The number of amides is 1. The van der Waals surface area contributed by atoms with Crippen LogP contribution in [0.1, 0.15) is 42.5 Å². The first kappa shape index (κ1) is 17.8. The number of nitrogens with zero attached hydrogens (tertiary/aromatic N) is 3. The molecule has 0 unspecified atom stereocenters. The van der Waals surface area contributed by atoms with Gasteiger partial charge in [0.1, 0.15) is 5.82 Å². The number of ether oxygens (including phenoxy) is 2. The van der Waals surface area contributed by atoms with Gasteiger partial charge in [0.05, 0.1) is 6.54 Å². The average molecular weight is 367 g/mol. The van der Waals surface area contributed by atoms with Crippen molar-refractivity contribution in [2.45, 2.75) is 46.6 Å². The molecular weight excluding hydrogens is 342 g/mol. The topological polar surface area (TPSA) is 64.6 Å². The fourth-order valence-corrected chi connectivity index (χ4v) is 4.07. The van der Waals surface area contributed by atoms with Crippen LogP contribution in [0, 0.1) is 19.3 Å². The van der Waals surface area contributed by atoms with E-state index in [0.717, 1.165) is 35.7 Å². The number of likely N-dealkylation sites (tertiary alicyclic amines) is 1. The summed E-state index contributed by atoms with van der Waals surface area (Å²) < 4.78 is 10.9. The number of aromatic nitrogens is 2. The second kappa shape index (κ2) is 6.83. The third-order valence-electron chi connectivity index (χ3n) is 5.30. The van der Waals surface area contributed by atoms with Gasteiger partial charge in [-0.2, -0.15) is 0 Å². The predicted octanol–water partition coefficient (Wildman–Crippen LogP) is 3.19. The Morgan fingerprint density at radius 3 is 2.63 bits per heavy atom. The molecule has 0 saturated carbocycles. The molecule has 3 heterocycles. The summed E-state index contributed by atoms with van der Waals surface area (Å²) in [5.41, 5.74) is 3.09. The van der Waals surface area contributed by atoms with Crippen molar-refractivity contribution in [1.82, 2.24) is 14.9 Å². The third-order valence-corrected chi connectivity index (χ3v) is 5.30. The molecule has 6 nitrogen and oxygen atoms in total. The van der Waals surface area contributed by atoms with Crippen LogP contribution < -0.4 is 9.47 Å². The van der Waals surface area contributed by atoms with Crippen LogP contribution in [0.25, 0.3) is 0 Å². The first-order valence-electron chi connectivity index (χ1n) is 9.38. The number of carbonyl (C=O) groups excluding carboxylic acids is 1. The molecule has 6 heteroatoms. The zero-order valence-electron chi connectivity index (χ0n) is 16.1. The van der Waals surface area contributed by atoms with Gasteiger partial charge in [-0.3, -0.25) is 4.79 Å². The van der Waals surface area contributed by atoms with Crippen molar-refractivity contribution in [3.05, 3.63) is 47.0 Å². The van der Waals surface area contributed by atoms with Gasteiger partial charge in [0.25, 0.3) is 0 Å². The average Bonchev–Trinajstić information content (AvgIpc) is 3.05. The summed E-state index contributed by atoms with van der Waals surface area (Å²) in [7, 11) is 0. The standard InChI is InChI=1S/C21H25N3O3/c1-14-8-15(2)23-19(22-14)11-24-12-21(3,7-6-20(24)25)10-16-4-5-17-18(9-16)27-13-26-17/h4-5,8-9H,6-7,10-13H2,1-3H3/t21-/m1/s1. The van der Waals surface area contributed by atoms with E-state index in [4.69, 9.17) is 9.47 Å². The number of hydrogen-bond donors (Lipinski definition) is 0. The number of piperidine rings is 1. The minimum atomic E-state index is 0.0144. The van der Waals surface area contributed by atoms with Gasteiger partial charge in [-0.15, -0.1) is 0 Å². The first-order valence-corrected chi connectivity index (χ1v) is 9.38. The lowest BCUT2D eigenvalue weighted by molar-refractivity contribution is -0.138. The summed E-state index contributed by atoms with van der Waals surface area (Å²) in [6, 6.07) is 8.06. The van der Waals surface area contributed by atoms with Crippen LogP contribution in [0.5, 0.6) is 11.5 Å². The van der Waals surface area contributed by atoms with E-state index in [-0.39, 0.29) is 18.1 Å². The zero-order chi connectivity index (χ0) is 19.0. The van der Waals surface area contributed by atoms with Crippen molar-refractivity contribution >= 4 is 5.91 Å². The molecule has 2 aromatic rings. The first-order chi connectivity index (χ1) is 12.9. The van der Waals surface area contributed by atoms with Gasteiger partial charge >= 0.3 is 0 Å². The Kier molecular flexibility index (Phi) is 4.50. The van der Waals surface area contributed by atoms with Crippen molar-refractivity contribution in [1.29, 1.82) is 0 Å². The summed E-state index contributed by atoms with van der Waals surface area (Å²) in [6.07, 6.45) is 2.33. The minimum absolute atomic E-state index is 0.0144. The van der Waals surface area contributed by atoms with Crippen LogP contribution in [0.2, 0.25) is 0 Å². The van der Waals surface area contributed by atoms with Crippen molar-refractivity contribution in [2.75, 3.05) is 13.3 Å². The summed E-state index contributed by atoms with van der Waals surface area (Å²) >= 11 is 0. The van der Waals surface area contributed by atoms with E-state index in [1.165, 1.54) is 5.56 Å². The van der Waals surface area contributed by atoms with E-state index < -0.39 is 0 Å². The van der Waals surface area contributed by atoms with E-state index in [9.17, 15) is 4.79 Å². The molecule has 2 aliphatic heterocycles. The number of aryl methyl sites for hydroxylation is 2. The number of rotatable bonds is 4. The van der Waals surface area contributed by atoms with Crippen molar-refractivity contribution in [3.63, 3.8) is 0 Å². The maximum absolute atomic E-state index is 12.5. The van der Waals surface area contributed by atoms with Gasteiger partial charge < -0.3 is 14.4 Å². The highest BCUT2D eigenvalue weighted by Gasteiger charge is 2.35. The van der Waals surface area contributed by atoms with Crippen LogP contribution in [0.4, 0.5) is 0 Å². The van der Waals surface area contributed by atoms with Crippen LogP contribution in [-0.2, 0) is 17.8 Å². The maximum atomic E-state index is 12.5. The Morgan fingerprint density at radius 2 is 1.85 bits per heavy atom. The molecule has 0 radical (unpaired) electrons. The molecule has 1 aromatic heterocycles. The summed E-state index contributed by atoms with van der Waals surface area (Å²) in [5.74, 6) is 2.51. The fourth-order valence-electron chi connectivity index (χ4n) is 4.07. The summed E-state index contributed by atoms with van der Waals surface area (Å²) in [5, 5.41) is 0. The van der Waals surface area contributed by atoms with Crippen LogP contribution >= 0.6 is 0 Å². The molecule has 27 heavy (non-hydrogen) atoms. The minimum Gasteiger partial charge on any atom is -0.454 e. The molecule has 142 valence electrons. The molecule has 0 bridgehead atoms. The van der Waals surface area contributed by atoms with Crippen LogP contribution in [0.3, 0.4) is 0 Å². The van der Waals surface area contributed by atoms with Crippen LogP contribution in [-0.4, -0.2) is 34.1 Å². The molecule has 1 atom stereocenters. The van der Waals surface area contributed by atoms with Gasteiger partial charge in [0, 0.05) is 24.4 Å². The second-order valence-electron chi connectivity index (χ2n) is 7.99. The quantitative estimate of drug-likeness (QED) is 0.830. The van der Waals surface area contributed by atoms with Gasteiger partial charge in [0.15, 0.2) is 11.5 Å². The fraction of sp³-hybridized carbons (Fsp3) is 0.476. The van der Waals surface area contributed by atoms with Crippen molar-refractivity contribution < 1.29 is 14.3 Å². The van der Waals surface area contributed by atoms with E-state index in [1.54, 1.807) is 0 Å². The molecule has 1 amide bonds. The third kappa shape index (κ3) is 3.89. The molecule has 1 saturated heterocycles. The zero-order valence-corrected chi connectivity index (χ0v) is 16.1. The Labute approximate surface area is 159 Å². The lowest BCUT2D eigenvalue weighted by atomic mass is 9.76.